The molecule has 1 aromatic carbocycles. The standard InChI is InChI=1S/C11H14N2O5/c1-18-5-4-12-11(17)13-8-3-2-7(10(15)16)6-9(8)14/h2-3,6,14H,4-5H2,1H3,(H,15,16)(H2,12,13,17). The van der Waals surface area contributed by atoms with Crippen molar-refractivity contribution in [2.75, 3.05) is 25.6 Å². The van der Waals surface area contributed by atoms with E-state index in [1.165, 1.54) is 19.2 Å². The number of hydrogen-bond acceptors (Lipinski definition) is 4. The smallest absolute Gasteiger partial charge is 0.335 e. The fourth-order valence-corrected chi connectivity index (χ4v) is 1.20. The summed E-state index contributed by atoms with van der Waals surface area (Å²) in [7, 11) is 1.51. The number of phenols is 1. The van der Waals surface area contributed by atoms with Crippen LogP contribution in [0, 0.1) is 0 Å². The van der Waals surface area contributed by atoms with Gasteiger partial charge in [-0.3, -0.25) is 0 Å². The average molecular weight is 254 g/mol. The average Bonchev–Trinajstić information content (AvgIpc) is 2.32. The second kappa shape index (κ2) is 6.45. The molecule has 4 N–H and O–H groups in total. The van der Waals surface area contributed by atoms with Gasteiger partial charge in [-0.1, -0.05) is 0 Å². The maximum absolute atomic E-state index is 11.4. The number of benzene rings is 1. The highest BCUT2D eigenvalue weighted by Crippen LogP contribution is 2.24. The molecular formula is C11H14N2O5. The zero-order chi connectivity index (χ0) is 13.5. The fourth-order valence-electron chi connectivity index (χ4n) is 1.20. The Morgan fingerprint density at radius 3 is 2.67 bits per heavy atom. The fraction of sp³-hybridized carbons (Fsp3) is 0.273. The highest BCUT2D eigenvalue weighted by atomic mass is 16.5. The molecule has 0 aliphatic rings. The molecular weight excluding hydrogens is 240 g/mol. The van der Waals surface area contributed by atoms with Crippen molar-refractivity contribution < 1.29 is 24.5 Å². The normalized spacial score (nSPS) is 9.83. The summed E-state index contributed by atoms with van der Waals surface area (Å²) in [5.74, 6) is -1.46. The zero-order valence-corrected chi connectivity index (χ0v) is 9.77. The molecule has 0 atom stereocenters. The van der Waals surface area contributed by atoms with E-state index in [4.69, 9.17) is 9.84 Å². The SMILES string of the molecule is COCCNC(=O)Nc1ccc(C(=O)O)cc1O. The number of hydrogen-bond donors (Lipinski definition) is 4. The molecule has 0 spiro atoms. The van der Waals surface area contributed by atoms with Crippen LogP contribution in [0.4, 0.5) is 10.5 Å². The van der Waals surface area contributed by atoms with E-state index in [0.717, 1.165) is 6.07 Å². The van der Waals surface area contributed by atoms with E-state index in [1.807, 2.05) is 0 Å². The molecule has 0 saturated heterocycles. The number of aromatic hydroxyl groups is 1. The topological polar surface area (TPSA) is 108 Å². The molecule has 0 bridgehead atoms. The monoisotopic (exact) mass is 254 g/mol. The molecule has 1 aromatic rings. The summed E-state index contributed by atoms with van der Waals surface area (Å²) in [5, 5.41) is 23.1. The molecule has 0 aliphatic heterocycles. The van der Waals surface area contributed by atoms with Crippen LogP contribution in [0.2, 0.25) is 0 Å². The van der Waals surface area contributed by atoms with E-state index in [1.54, 1.807) is 0 Å². The summed E-state index contributed by atoms with van der Waals surface area (Å²) in [4.78, 5) is 22.0. The van der Waals surface area contributed by atoms with E-state index in [0.29, 0.717) is 13.2 Å². The van der Waals surface area contributed by atoms with Crippen molar-refractivity contribution in [3.8, 4) is 5.75 Å². The number of rotatable bonds is 5. The van der Waals surface area contributed by atoms with Gasteiger partial charge in [-0.2, -0.15) is 0 Å². The van der Waals surface area contributed by atoms with E-state index < -0.39 is 12.0 Å². The van der Waals surface area contributed by atoms with E-state index in [9.17, 15) is 14.7 Å². The third-order valence-electron chi connectivity index (χ3n) is 2.08. The van der Waals surface area contributed by atoms with Gasteiger partial charge in [0.15, 0.2) is 0 Å². The number of carbonyl (C=O) groups is 2. The minimum absolute atomic E-state index is 0.0576. The molecule has 98 valence electrons. The summed E-state index contributed by atoms with van der Waals surface area (Å²) < 4.78 is 4.75. The molecule has 1 rings (SSSR count). The third kappa shape index (κ3) is 3.95. The van der Waals surface area contributed by atoms with Crippen LogP contribution in [0.1, 0.15) is 10.4 Å². The Labute approximate surface area is 103 Å². The summed E-state index contributed by atoms with van der Waals surface area (Å²) in [6.45, 7) is 0.702. The van der Waals surface area contributed by atoms with Crippen molar-refractivity contribution in [1.82, 2.24) is 5.32 Å². The number of amides is 2. The Hall–Kier alpha value is -2.28. The van der Waals surface area contributed by atoms with Gasteiger partial charge in [-0.25, -0.2) is 9.59 Å². The first-order valence-electron chi connectivity index (χ1n) is 5.14. The van der Waals surface area contributed by atoms with Gasteiger partial charge in [0.1, 0.15) is 5.75 Å². The Kier molecular flexibility index (Phi) is 4.94. The van der Waals surface area contributed by atoms with Gasteiger partial charge in [0.2, 0.25) is 0 Å². The first-order chi connectivity index (χ1) is 8.54. The Morgan fingerprint density at radius 1 is 1.39 bits per heavy atom. The number of phenolic OH excluding ortho intramolecular Hbond substituents is 1. The lowest BCUT2D eigenvalue weighted by atomic mass is 10.2. The number of ether oxygens (including phenoxy) is 1. The van der Waals surface area contributed by atoms with Gasteiger partial charge in [-0.05, 0) is 18.2 Å². The third-order valence-corrected chi connectivity index (χ3v) is 2.08. The summed E-state index contributed by atoms with van der Waals surface area (Å²) in [6, 6.07) is 3.15. The first kappa shape index (κ1) is 13.8. The van der Waals surface area contributed by atoms with Crippen LogP contribution in [0.25, 0.3) is 0 Å². The molecule has 7 nitrogen and oxygen atoms in total. The Bertz CT molecular complexity index is 447. The number of carboxylic acids is 1. The molecule has 0 aromatic heterocycles. The van der Waals surface area contributed by atoms with Gasteiger partial charge in [0, 0.05) is 13.7 Å². The summed E-state index contributed by atoms with van der Waals surface area (Å²) in [5.41, 5.74) is 0.0766. The molecule has 0 heterocycles. The lowest BCUT2D eigenvalue weighted by Gasteiger charge is -2.09. The van der Waals surface area contributed by atoms with E-state index in [2.05, 4.69) is 10.6 Å². The second-order valence-corrected chi connectivity index (χ2v) is 3.41. The maximum Gasteiger partial charge on any atom is 0.335 e. The Balaban J connectivity index is 2.62. The number of carboxylic acid groups (broad SMARTS) is 1. The highest BCUT2D eigenvalue weighted by Gasteiger charge is 2.09. The maximum atomic E-state index is 11.4. The largest absolute Gasteiger partial charge is 0.506 e. The van der Waals surface area contributed by atoms with Crippen LogP contribution in [-0.2, 0) is 4.74 Å². The highest BCUT2D eigenvalue weighted by molar-refractivity contribution is 5.93. The van der Waals surface area contributed by atoms with Crippen LogP contribution in [-0.4, -0.2) is 42.5 Å². The predicted molar refractivity (Wildman–Crippen MR) is 64.0 cm³/mol. The zero-order valence-electron chi connectivity index (χ0n) is 9.77. The lowest BCUT2D eigenvalue weighted by molar-refractivity contribution is 0.0696. The van der Waals surface area contributed by atoms with Gasteiger partial charge in [0.05, 0.1) is 17.9 Å². The summed E-state index contributed by atoms with van der Waals surface area (Å²) in [6.07, 6.45) is 0. The molecule has 0 radical (unpaired) electrons. The van der Waals surface area contributed by atoms with Crippen molar-refractivity contribution in [3.05, 3.63) is 23.8 Å². The van der Waals surface area contributed by atoms with Crippen molar-refractivity contribution in [2.45, 2.75) is 0 Å². The van der Waals surface area contributed by atoms with Crippen molar-refractivity contribution in [2.24, 2.45) is 0 Å². The van der Waals surface area contributed by atoms with Gasteiger partial charge >= 0.3 is 12.0 Å². The van der Waals surface area contributed by atoms with Crippen molar-refractivity contribution >= 4 is 17.7 Å². The minimum Gasteiger partial charge on any atom is -0.506 e. The van der Waals surface area contributed by atoms with Crippen molar-refractivity contribution in [1.29, 1.82) is 0 Å². The minimum atomic E-state index is -1.15. The molecule has 7 heteroatoms. The van der Waals surface area contributed by atoms with Crippen LogP contribution in [0.5, 0.6) is 5.75 Å². The molecule has 0 fully saturated rings. The number of methoxy groups -OCH3 is 1. The number of anilines is 1. The van der Waals surface area contributed by atoms with Crippen molar-refractivity contribution in [3.63, 3.8) is 0 Å². The summed E-state index contributed by atoms with van der Waals surface area (Å²) >= 11 is 0. The number of aromatic carboxylic acids is 1. The molecule has 18 heavy (non-hydrogen) atoms. The van der Waals surface area contributed by atoms with Gasteiger partial charge < -0.3 is 25.6 Å². The van der Waals surface area contributed by atoms with E-state index in [-0.39, 0.29) is 17.0 Å². The first-order valence-corrected chi connectivity index (χ1v) is 5.14. The molecule has 2 amide bonds. The van der Waals surface area contributed by atoms with Crippen LogP contribution >= 0.6 is 0 Å². The molecule has 0 saturated carbocycles. The van der Waals surface area contributed by atoms with Crippen LogP contribution in [0.15, 0.2) is 18.2 Å². The quantitative estimate of drug-likeness (QED) is 0.460. The molecule has 0 aliphatic carbocycles. The predicted octanol–water partition coefficient (Wildman–Crippen LogP) is 0.858. The van der Waals surface area contributed by atoms with E-state index >= 15 is 0 Å². The molecule has 0 unspecified atom stereocenters. The van der Waals surface area contributed by atoms with Crippen LogP contribution < -0.4 is 10.6 Å². The number of carbonyl (C=O) groups excluding carboxylic acids is 1. The van der Waals surface area contributed by atoms with Gasteiger partial charge in [0.25, 0.3) is 0 Å². The lowest BCUT2D eigenvalue weighted by Crippen LogP contribution is -2.31. The number of urea groups is 1. The second-order valence-electron chi connectivity index (χ2n) is 3.41. The van der Waals surface area contributed by atoms with Gasteiger partial charge in [-0.15, -0.1) is 0 Å². The Morgan fingerprint density at radius 2 is 2.11 bits per heavy atom. The van der Waals surface area contributed by atoms with Crippen LogP contribution in [0.3, 0.4) is 0 Å². The number of nitrogens with one attached hydrogen (secondary N) is 2.